The summed E-state index contributed by atoms with van der Waals surface area (Å²) in [5.74, 6) is 0.555. The van der Waals surface area contributed by atoms with E-state index in [0.29, 0.717) is 42.2 Å². The fourth-order valence-corrected chi connectivity index (χ4v) is 6.31. The molecule has 0 aliphatic carbocycles. The lowest BCUT2D eigenvalue weighted by atomic mass is 10.1. The molecule has 2 heterocycles. The maximum atomic E-state index is 15.0. The number of fused-ring (bicyclic) bond motifs is 1. The third-order valence-electron chi connectivity index (χ3n) is 9.11. The molecule has 5 rings (SSSR count). The first kappa shape index (κ1) is 35.4. The summed E-state index contributed by atoms with van der Waals surface area (Å²) in [6.45, 7) is 12.0. The largest absolute Gasteiger partial charge is 0.544 e. The zero-order chi connectivity index (χ0) is 35.0. The van der Waals surface area contributed by atoms with E-state index in [1.54, 1.807) is 22.7 Å². The molecule has 0 unspecified atom stereocenters. The lowest BCUT2D eigenvalue weighted by Gasteiger charge is -2.36. The molecular formula is C38H45FN6O3Si. The molecule has 0 atom stereocenters. The van der Waals surface area contributed by atoms with Gasteiger partial charge in [-0.05, 0) is 84.0 Å². The maximum absolute atomic E-state index is 15.0. The van der Waals surface area contributed by atoms with E-state index in [1.807, 2.05) is 54.6 Å². The summed E-state index contributed by atoms with van der Waals surface area (Å²) in [4.78, 5) is 12.6. The molecule has 0 amide bonds. The maximum Gasteiger partial charge on any atom is 0.250 e. The summed E-state index contributed by atoms with van der Waals surface area (Å²) in [5, 5.41) is 15.0. The normalized spacial score (nSPS) is 11.8. The van der Waals surface area contributed by atoms with Crippen molar-refractivity contribution in [3.8, 4) is 28.6 Å². The Bertz CT molecular complexity index is 1920. The number of ether oxygens (including phenoxy) is 1. The van der Waals surface area contributed by atoms with Gasteiger partial charge in [0.15, 0.2) is 17.2 Å². The SMILES string of the molecule is CC(C)(C)[Si](C)(C)Oc1ccc(-c2cn3c(O)c(Cc4ccc(OCCCCCCN=[N+]=[N-])c(F)c4)nc3c(Cc3ccccc3)n2)cc1. The third kappa shape index (κ3) is 8.98. The highest BCUT2D eigenvalue weighted by Crippen LogP contribution is 2.38. The number of nitrogens with zero attached hydrogens (tertiary/aromatic N) is 6. The van der Waals surface area contributed by atoms with Gasteiger partial charge in [0.2, 0.25) is 14.2 Å². The summed E-state index contributed by atoms with van der Waals surface area (Å²) in [7, 11) is -1.99. The Balaban J connectivity index is 1.37. The molecule has 0 aliphatic rings. The fourth-order valence-electron chi connectivity index (χ4n) is 5.28. The van der Waals surface area contributed by atoms with E-state index in [1.165, 1.54) is 6.07 Å². The highest BCUT2D eigenvalue weighted by molar-refractivity contribution is 6.74. The van der Waals surface area contributed by atoms with Crippen LogP contribution in [0.2, 0.25) is 18.1 Å². The van der Waals surface area contributed by atoms with Crippen molar-refractivity contribution in [3.63, 3.8) is 0 Å². The predicted octanol–water partition coefficient (Wildman–Crippen LogP) is 10.1. The Morgan fingerprint density at radius 1 is 0.898 bits per heavy atom. The van der Waals surface area contributed by atoms with E-state index in [2.05, 4.69) is 43.9 Å². The van der Waals surface area contributed by atoms with E-state index in [4.69, 9.17) is 24.7 Å². The summed E-state index contributed by atoms with van der Waals surface area (Å²) >= 11 is 0. The minimum atomic E-state index is -1.99. The van der Waals surface area contributed by atoms with Gasteiger partial charge in [0, 0.05) is 36.1 Å². The predicted molar refractivity (Wildman–Crippen MR) is 194 cm³/mol. The highest BCUT2D eigenvalue weighted by atomic mass is 28.4. The standard InChI is InChI=1S/C38H45FN6O3Si/c1-38(2,3)49(4,5)48-30-18-16-29(17-19-30)34-26-45-36(32(42-34)24-27-13-9-8-10-14-27)43-33(37(45)46)25-28-15-20-35(31(39)23-28)47-22-12-7-6-11-21-41-44-40/h8-10,13-20,23,26,46H,6-7,11-12,21-22,24-25H2,1-5H3. The van der Waals surface area contributed by atoms with E-state index in [-0.39, 0.29) is 23.1 Å². The second-order valence-electron chi connectivity index (χ2n) is 13.9. The Morgan fingerprint density at radius 3 is 2.31 bits per heavy atom. The van der Waals surface area contributed by atoms with Gasteiger partial charge < -0.3 is 14.3 Å². The summed E-state index contributed by atoms with van der Waals surface area (Å²) in [6, 6.07) is 22.8. The Kier molecular flexibility index (Phi) is 11.3. The van der Waals surface area contributed by atoms with Crippen LogP contribution in [-0.2, 0) is 12.8 Å². The van der Waals surface area contributed by atoms with Crippen molar-refractivity contribution in [2.75, 3.05) is 13.2 Å². The quantitative estimate of drug-likeness (QED) is 0.0388. The number of aromatic hydroxyl groups is 1. The molecule has 49 heavy (non-hydrogen) atoms. The van der Waals surface area contributed by atoms with Crippen molar-refractivity contribution in [1.82, 2.24) is 14.4 Å². The second-order valence-corrected chi connectivity index (χ2v) is 18.6. The van der Waals surface area contributed by atoms with Crippen LogP contribution >= 0.6 is 0 Å². The molecule has 9 nitrogen and oxygen atoms in total. The monoisotopic (exact) mass is 680 g/mol. The van der Waals surface area contributed by atoms with Gasteiger partial charge in [0.1, 0.15) is 11.4 Å². The zero-order valence-corrected chi connectivity index (χ0v) is 30.0. The Labute approximate surface area is 288 Å². The van der Waals surface area contributed by atoms with Gasteiger partial charge >= 0.3 is 0 Å². The van der Waals surface area contributed by atoms with Gasteiger partial charge in [-0.2, -0.15) is 0 Å². The van der Waals surface area contributed by atoms with E-state index < -0.39 is 14.1 Å². The topological polar surface area (TPSA) is 118 Å². The van der Waals surface area contributed by atoms with E-state index in [0.717, 1.165) is 48.3 Å². The lowest BCUT2D eigenvalue weighted by Crippen LogP contribution is -2.43. The first-order valence-corrected chi connectivity index (χ1v) is 19.7. The number of benzene rings is 3. The number of unbranched alkanes of at least 4 members (excludes halogenated alkanes) is 3. The van der Waals surface area contributed by atoms with Gasteiger partial charge in [-0.25, -0.2) is 14.4 Å². The van der Waals surface area contributed by atoms with Crippen molar-refractivity contribution in [2.24, 2.45) is 5.11 Å². The van der Waals surface area contributed by atoms with Crippen molar-refractivity contribution in [2.45, 2.75) is 77.4 Å². The number of hydrogen-bond donors (Lipinski definition) is 1. The fraction of sp³-hybridized carbons (Fsp3) is 0.368. The highest BCUT2D eigenvalue weighted by Gasteiger charge is 2.39. The van der Waals surface area contributed by atoms with E-state index in [9.17, 15) is 5.11 Å². The van der Waals surface area contributed by atoms with Gasteiger partial charge in [-0.3, -0.25) is 4.40 Å². The number of imidazole rings is 1. The second kappa shape index (κ2) is 15.6. The average molecular weight is 681 g/mol. The van der Waals surface area contributed by atoms with Crippen LogP contribution in [0.3, 0.4) is 0 Å². The summed E-state index contributed by atoms with van der Waals surface area (Å²) < 4.78 is 28.9. The number of rotatable bonds is 15. The molecule has 5 aromatic rings. The number of aromatic nitrogens is 3. The number of hydrogen-bond acceptors (Lipinski definition) is 6. The van der Waals surface area contributed by atoms with Crippen LogP contribution in [0.4, 0.5) is 4.39 Å². The van der Waals surface area contributed by atoms with Gasteiger partial charge in [-0.15, -0.1) is 0 Å². The molecule has 0 bridgehead atoms. The van der Waals surface area contributed by atoms with Crippen LogP contribution < -0.4 is 9.16 Å². The molecule has 0 radical (unpaired) electrons. The number of azide groups is 1. The van der Waals surface area contributed by atoms with Crippen molar-refractivity contribution < 1.29 is 18.7 Å². The third-order valence-corrected chi connectivity index (χ3v) is 13.5. The minimum Gasteiger partial charge on any atom is -0.544 e. The molecule has 0 aliphatic heterocycles. The molecule has 1 N–H and O–H groups in total. The van der Waals surface area contributed by atoms with Crippen molar-refractivity contribution in [3.05, 3.63) is 118 Å². The van der Waals surface area contributed by atoms with E-state index >= 15 is 4.39 Å². The first-order valence-electron chi connectivity index (χ1n) is 16.8. The zero-order valence-electron chi connectivity index (χ0n) is 29.0. The molecule has 0 saturated heterocycles. The Hall–Kier alpha value is -4.86. The van der Waals surface area contributed by atoms with Crippen LogP contribution in [-0.4, -0.2) is 40.9 Å². The molecule has 11 heteroatoms. The molecule has 0 spiro atoms. The summed E-state index contributed by atoms with van der Waals surface area (Å²) in [6.07, 6.45) is 6.00. The summed E-state index contributed by atoms with van der Waals surface area (Å²) in [5.41, 5.74) is 13.4. The molecule has 256 valence electrons. The van der Waals surface area contributed by atoms with Gasteiger partial charge in [0.25, 0.3) is 0 Å². The Morgan fingerprint density at radius 2 is 1.61 bits per heavy atom. The van der Waals surface area contributed by atoms with Gasteiger partial charge in [-0.1, -0.05) is 75.1 Å². The van der Waals surface area contributed by atoms with Crippen LogP contribution in [0.5, 0.6) is 17.4 Å². The van der Waals surface area contributed by atoms with Crippen LogP contribution in [0.25, 0.3) is 27.3 Å². The van der Waals surface area contributed by atoms with Crippen molar-refractivity contribution in [1.29, 1.82) is 0 Å². The first-order chi connectivity index (χ1) is 23.4. The molecule has 3 aromatic carbocycles. The molecule has 0 fully saturated rings. The van der Waals surface area contributed by atoms with Gasteiger partial charge in [0.05, 0.1) is 18.0 Å². The molecular weight excluding hydrogens is 636 g/mol. The minimum absolute atomic E-state index is 0.00737. The molecule has 0 saturated carbocycles. The van der Waals surface area contributed by atoms with Crippen LogP contribution in [0.1, 0.15) is 69.0 Å². The average Bonchev–Trinajstić information content (AvgIpc) is 3.38. The van der Waals surface area contributed by atoms with Crippen LogP contribution in [0, 0.1) is 5.82 Å². The number of halogens is 1. The lowest BCUT2D eigenvalue weighted by molar-refractivity contribution is 0.290. The van der Waals surface area contributed by atoms with Crippen molar-refractivity contribution >= 4 is 14.0 Å². The molecule has 2 aromatic heterocycles. The smallest absolute Gasteiger partial charge is 0.250 e. The van der Waals surface area contributed by atoms with Crippen LogP contribution in [0.15, 0.2) is 84.1 Å².